The normalized spacial score (nSPS) is 18.6. The van der Waals surface area contributed by atoms with Crippen LogP contribution in [-0.2, 0) is 9.53 Å². The van der Waals surface area contributed by atoms with Gasteiger partial charge in [-0.3, -0.25) is 14.4 Å². The molecular weight excluding hydrogens is 348 g/mol. The number of hydrogen-bond donors (Lipinski definition) is 0. The summed E-state index contributed by atoms with van der Waals surface area (Å²) in [5.41, 5.74) is 1.34. The van der Waals surface area contributed by atoms with Gasteiger partial charge in [0.25, 0.3) is 0 Å². The maximum atomic E-state index is 13.2. The summed E-state index contributed by atoms with van der Waals surface area (Å²) in [5.74, 6) is -1.29. The van der Waals surface area contributed by atoms with E-state index in [0.29, 0.717) is 22.6 Å². The van der Waals surface area contributed by atoms with E-state index in [2.05, 4.69) is 0 Å². The maximum Gasteiger partial charge on any atom is 0.312 e. The molecular formula is C21H16O6. The van der Waals surface area contributed by atoms with E-state index in [9.17, 15) is 14.4 Å². The summed E-state index contributed by atoms with van der Waals surface area (Å²) in [6, 6.07) is 11.8. The molecule has 0 saturated carbocycles. The van der Waals surface area contributed by atoms with Gasteiger partial charge in [-0.15, -0.1) is 0 Å². The monoisotopic (exact) mass is 364 g/mol. The van der Waals surface area contributed by atoms with E-state index in [0.717, 1.165) is 0 Å². The third-order valence-corrected chi connectivity index (χ3v) is 4.86. The fourth-order valence-corrected chi connectivity index (χ4v) is 3.67. The molecule has 0 aromatic heterocycles. The van der Waals surface area contributed by atoms with Crippen molar-refractivity contribution in [3.63, 3.8) is 0 Å². The fraction of sp³-hybridized carbons (Fsp3) is 0.190. The van der Waals surface area contributed by atoms with Crippen molar-refractivity contribution in [3.05, 3.63) is 70.5 Å². The van der Waals surface area contributed by atoms with E-state index in [4.69, 9.17) is 14.2 Å². The number of esters is 1. The number of hydrogen-bond acceptors (Lipinski definition) is 6. The molecule has 0 radical (unpaired) electrons. The first-order valence-electron chi connectivity index (χ1n) is 8.41. The minimum Gasteiger partial charge on any atom is -0.493 e. The Morgan fingerprint density at radius 3 is 2.26 bits per heavy atom. The van der Waals surface area contributed by atoms with E-state index in [1.165, 1.54) is 14.2 Å². The Kier molecular flexibility index (Phi) is 4.03. The molecule has 2 aromatic rings. The molecule has 0 unspecified atom stereocenters. The van der Waals surface area contributed by atoms with Crippen LogP contribution < -0.4 is 9.47 Å². The summed E-state index contributed by atoms with van der Waals surface area (Å²) >= 11 is 0. The van der Waals surface area contributed by atoms with Gasteiger partial charge in [-0.25, -0.2) is 0 Å². The lowest BCUT2D eigenvalue weighted by Crippen LogP contribution is -2.33. The Morgan fingerprint density at radius 1 is 0.889 bits per heavy atom. The summed E-state index contributed by atoms with van der Waals surface area (Å²) in [4.78, 5) is 38.2. The van der Waals surface area contributed by atoms with Crippen LogP contribution in [0.25, 0.3) is 0 Å². The van der Waals surface area contributed by atoms with Crippen molar-refractivity contribution < 1.29 is 28.6 Å². The van der Waals surface area contributed by atoms with E-state index < -0.39 is 17.7 Å². The summed E-state index contributed by atoms with van der Waals surface area (Å²) in [7, 11) is 2.99. The highest BCUT2D eigenvalue weighted by Gasteiger charge is 2.43. The van der Waals surface area contributed by atoms with Crippen molar-refractivity contribution in [3.8, 4) is 11.5 Å². The van der Waals surface area contributed by atoms with Crippen LogP contribution in [0.5, 0.6) is 11.5 Å². The van der Waals surface area contributed by atoms with Crippen LogP contribution in [0.15, 0.2) is 53.8 Å². The molecule has 27 heavy (non-hydrogen) atoms. The summed E-state index contributed by atoms with van der Waals surface area (Å²) in [5, 5.41) is 0. The first kappa shape index (κ1) is 17.0. The number of para-hydroxylation sites is 1. The second kappa shape index (κ2) is 6.39. The van der Waals surface area contributed by atoms with Gasteiger partial charge in [0.15, 0.2) is 23.0 Å². The van der Waals surface area contributed by atoms with Crippen molar-refractivity contribution >= 4 is 17.5 Å². The third-order valence-electron chi connectivity index (χ3n) is 4.86. The molecule has 0 fully saturated rings. The van der Waals surface area contributed by atoms with Crippen molar-refractivity contribution in [2.24, 2.45) is 0 Å². The Morgan fingerprint density at radius 2 is 1.59 bits per heavy atom. The van der Waals surface area contributed by atoms with Gasteiger partial charge in [-0.05, 0) is 6.07 Å². The number of Topliss-reactive ketones (excluding diaryl/α,β-unsaturated/α-hetero) is 2. The summed E-state index contributed by atoms with van der Waals surface area (Å²) in [6.07, 6.45) is -0.0659. The van der Waals surface area contributed by atoms with Gasteiger partial charge in [0, 0.05) is 22.6 Å². The number of carbonyl (C=O) groups excluding carboxylic acids is 3. The van der Waals surface area contributed by atoms with Crippen molar-refractivity contribution in [1.29, 1.82) is 0 Å². The number of methoxy groups -OCH3 is 2. The van der Waals surface area contributed by atoms with Gasteiger partial charge < -0.3 is 14.2 Å². The van der Waals surface area contributed by atoms with Crippen molar-refractivity contribution in [2.45, 2.75) is 12.3 Å². The smallest absolute Gasteiger partial charge is 0.312 e. The van der Waals surface area contributed by atoms with Crippen LogP contribution in [0.3, 0.4) is 0 Å². The molecule has 2 aliphatic rings. The van der Waals surface area contributed by atoms with E-state index in [1.807, 2.05) is 0 Å². The molecule has 6 heteroatoms. The van der Waals surface area contributed by atoms with E-state index in [1.54, 1.807) is 42.5 Å². The van der Waals surface area contributed by atoms with Crippen LogP contribution in [0.4, 0.5) is 0 Å². The van der Waals surface area contributed by atoms with Crippen LogP contribution in [0, 0.1) is 0 Å². The lowest BCUT2D eigenvalue weighted by atomic mass is 9.76. The fourth-order valence-electron chi connectivity index (χ4n) is 3.67. The highest BCUT2D eigenvalue weighted by Crippen LogP contribution is 2.46. The zero-order chi connectivity index (χ0) is 19.1. The van der Waals surface area contributed by atoms with E-state index >= 15 is 0 Å². The third kappa shape index (κ3) is 2.52. The Hall–Kier alpha value is -3.41. The van der Waals surface area contributed by atoms with Gasteiger partial charge in [0.05, 0.1) is 26.2 Å². The molecule has 6 nitrogen and oxygen atoms in total. The van der Waals surface area contributed by atoms with Gasteiger partial charge in [0.1, 0.15) is 0 Å². The van der Waals surface area contributed by atoms with Crippen LogP contribution in [-0.4, -0.2) is 31.8 Å². The van der Waals surface area contributed by atoms with Crippen LogP contribution in [0.1, 0.15) is 38.6 Å². The highest BCUT2D eigenvalue weighted by atomic mass is 16.5. The first-order valence-corrected chi connectivity index (χ1v) is 8.41. The maximum absolute atomic E-state index is 13.2. The number of fused-ring (bicyclic) bond motifs is 1. The predicted molar refractivity (Wildman–Crippen MR) is 95.1 cm³/mol. The number of benzene rings is 2. The average molecular weight is 364 g/mol. The molecule has 0 amide bonds. The molecule has 1 aliphatic carbocycles. The van der Waals surface area contributed by atoms with E-state index in [-0.39, 0.29) is 29.1 Å². The number of ether oxygens (including phenoxy) is 3. The van der Waals surface area contributed by atoms with Crippen LogP contribution >= 0.6 is 0 Å². The highest BCUT2D eigenvalue weighted by molar-refractivity contribution is 6.27. The SMILES string of the molecule is COc1cccc([C@@H]2CC(=O)OC3=C2C(=O)c2ccccc2C3=O)c1OC. The molecule has 0 saturated heterocycles. The van der Waals surface area contributed by atoms with Gasteiger partial charge in [-0.2, -0.15) is 0 Å². The Labute approximate surface area is 155 Å². The van der Waals surface area contributed by atoms with Crippen molar-refractivity contribution in [2.75, 3.05) is 14.2 Å². The average Bonchev–Trinajstić information content (AvgIpc) is 2.70. The molecule has 1 heterocycles. The lowest BCUT2D eigenvalue weighted by molar-refractivity contribution is -0.140. The zero-order valence-corrected chi connectivity index (χ0v) is 14.8. The number of ketones is 2. The zero-order valence-electron chi connectivity index (χ0n) is 14.8. The summed E-state index contributed by atoms with van der Waals surface area (Å²) < 4.78 is 16.0. The minimum atomic E-state index is -0.656. The van der Waals surface area contributed by atoms with Crippen molar-refractivity contribution in [1.82, 2.24) is 0 Å². The lowest BCUT2D eigenvalue weighted by Gasteiger charge is -2.30. The van der Waals surface area contributed by atoms with Gasteiger partial charge in [-0.1, -0.05) is 36.4 Å². The molecule has 0 bridgehead atoms. The standard InChI is InChI=1S/C21H16O6/c1-25-15-9-5-8-13(20(15)26-2)14-10-16(22)27-21-17(14)18(23)11-6-3-4-7-12(11)19(21)24/h3-9,14H,10H2,1-2H3/t14-/m0/s1. The van der Waals surface area contributed by atoms with Crippen LogP contribution in [0.2, 0.25) is 0 Å². The Bertz CT molecular complexity index is 1020. The first-order chi connectivity index (χ1) is 13.1. The molecule has 0 spiro atoms. The second-order valence-corrected chi connectivity index (χ2v) is 6.26. The quantitative estimate of drug-likeness (QED) is 0.779. The molecule has 1 atom stereocenters. The second-order valence-electron chi connectivity index (χ2n) is 6.26. The largest absolute Gasteiger partial charge is 0.493 e. The van der Waals surface area contributed by atoms with Gasteiger partial charge in [0.2, 0.25) is 5.78 Å². The molecule has 0 N–H and O–H groups in total. The molecule has 1 aliphatic heterocycles. The number of rotatable bonds is 3. The van der Waals surface area contributed by atoms with Gasteiger partial charge >= 0.3 is 5.97 Å². The molecule has 4 rings (SSSR count). The number of allylic oxidation sites excluding steroid dienone is 2. The molecule has 136 valence electrons. The molecule has 2 aromatic carbocycles. The predicted octanol–water partition coefficient (Wildman–Crippen LogP) is 3.07. The minimum absolute atomic E-state index is 0.0659. The topological polar surface area (TPSA) is 78.9 Å². The Balaban J connectivity index is 1.94. The summed E-state index contributed by atoms with van der Waals surface area (Å²) in [6.45, 7) is 0. The number of carbonyl (C=O) groups is 3.